The number of rotatable bonds is 9. The summed E-state index contributed by atoms with van der Waals surface area (Å²) in [6, 6.07) is 2.91. The Kier molecular flexibility index (Phi) is 9.00. The maximum atomic E-state index is 12.8. The van der Waals surface area contributed by atoms with Gasteiger partial charge in [-0.15, -0.1) is 0 Å². The van der Waals surface area contributed by atoms with Crippen LogP contribution in [0.5, 0.6) is 5.75 Å². The first-order valence-corrected chi connectivity index (χ1v) is 10.1. The Labute approximate surface area is 176 Å². The minimum atomic E-state index is -0.286. The summed E-state index contributed by atoms with van der Waals surface area (Å²) in [4.78, 5) is 26.5. The van der Waals surface area contributed by atoms with Gasteiger partial charge in [0.25, 0.3) is 5.91 Å². The third-order valence-electron chi connectivity index (χ3n) is 4.99. The van der Waals surface area contributed by atoms with Gasteiger partial charge in [-0.2, -0.15) is 0 Å². The summed E-state index contributed by atoms with van der Waals surface area (Å²) in [6.45, 7) is 4.45. The van der Waals surface area contributed by atoms with E-state index >= 15 is 0 Å². The fraction of sp³-hybridized carbons (Fsp3) is 0.600. The van der Waals surface area contributed by atoms with Crippen LogP contribution in [0.3, 0.4) is 0 Å². The van der Waals surface area contributed by atoms with Crippen LogP contribution in [0, 0.1) is 0 Å². The van der Waals surface area contributed by atoms with Gasteiger partial charge in [0.15, 0.2) is 0 Å². The number of benzene rings is 1. The molecule has 162 valence electrons. The van der Waals surface area contributed by atoms with Crippen LogP contribution in [0.15, 0.2) is 12.1 Å². The summed E-state index contributed by atoms with van der Waals surface area (Å²) in [7, 11) is 3.11. The number of likely N-dealkylation sites (tertiary alicyclic amines) is 1. The molecule has 1 aromatic rings. The molecule has 1 saturated heterocycles. The predicted octanol–water partition coefficient (Wildman–Crippen LogP) is 2.09. The summed E-state index contributed by atoms with van der Waals surface area (Å²) in [5, 5.41) is 3.33. The lowest BCUT2D eigenvalue weighted by molar-refractivity contribution is -0.143. The van der Waals surface area contributed by atoms with E-state index in [9.17, 15) is 9.59 Å². The number of amides is 1. The molecule has 0 unspecified atom stereocenters. The number of nitrogens with zero attached hydrogens (tertiary/aromatic N) is 1. The van der Waals surface area contributed by atoms with E-state index in [2.05, 4.69) is 10.2 Å². The molecule has 29 heavy (non-hydrogen) atoms. The van der Waals surface area contributed by atoms with Crippen molar-refractivity contribution in [2.24, 2.45) is 0 Å². The average Bonchev–Trinajstić information content (AvgIpc) is 2.70. The smallest absolute Gasteiger partial charge is 0.305 e. The number of carbonyl (C=O) groups is 2. The first-order chi connectivity index (χ1) is 13.9. The highest BCUT2D eigenvalue weighted by Crippen LogP contribution is 2.29. The number of methoxy groups -OCH3 is 2. The van der Waals surface area contributed by atoms with Gasteiger partial charge in [-0.1, -0.05) is 11.6 Å². The van der Waals surface area contributed by atoms with Crippen LogP contribution in [0.4, 0.5) is 5.69 Å². The Hall–Kier alpha value is -2.03. The maximum absolute atomic E-state index is 12.8. The Morgan fingerprint density at radius 3 is 2.76 bits per heavy atom. The fourth-order valence-electron chi connectivity index (χ4n) is 3.43. The predicted molar refractivity (Wildman–Crippen MR) is 111 cm³/mol. The van der Waals surface area contributed by atoms with E-state index in [-0.39, 0.29) is 24.0 Å². The number of piperidine rings is 1. The molecular formula is C20H30ClN3O5. The number of nitrogen functional groups attached to an aromatic ring is 1. The zero-order valence-electron chi connectivity index (χ0n) is 17.2. The molecule has 1 aromatic carbocycles. The Morgan fingerprint density at radius 2 is 2.10 bits per heavy atom. The number of anilines is 1. The quantitative estimate of drug-likeness (QED) is 0.459. The monoisotopic (exact) mass is 427 g/mol. The van der Waals surface area contributed by atoms with Crippen LogP contribution in [-0.4, -0.2) is 69.4 Å². The molecule has 2 rings (SSSR count). The van der Waals surface area contributed by atoms with E-state index in [1.54, 1.807) is 14.0 Å². The minimum absolute atomic E-state index is 0.144. The molecule has 0 bridgehead atoms. The van der Waals surface area contributed by atoms with Gasteiger partial charge < -0.3 is 30.2 Å². The van der Waals surface area contributed by atoms with Crippen molar-refractivity contribution in [1.29, 1.82) is 0 Å². The second-order valence-electron chi connectivity index (χ2n) is 6.93. The molecule has 0 aliphatic carbocycles. The number of halogens is 1. The lowest BCUT2D eigenvalue weighted by Crippen LogP contribution is -2.54. The topological polar surface area (TPSA) is 103 Å². The number of hydrogen-bond donors (Lipinski definition) is 2. The van der Waals surface area contributed by atoms with Gasteiger partial charge in [-0.3, -0.25) is 9.59 Å². The second-order valence-corrected chi connectivity index (χ2v) is 7.33. The molecule has 1 aliphatic heterocycles. The summed E-state index contributed by atoms with van der Waals surface area (Å²) in [5.41, 5.74) is 6.47. The van der Waals surface area contributed by atoms with Gasteiger partial charge in [0.1, 0.15) is 5.75 Å². The highest BCUT2D eigenvalue weighted by atomic mass is 35.5. The van der Waals surface area contributed by atoms with E-state index in [1.807, 2.05) is 0 Å². The first-order valence-electron chi connectivity index (χ1n) is 9.74. The van der Waals surface area contributed by atoms with Gasteiger partial charge in [0, 0.05) is 32.7 Å². The first kappa shape index (κ1) is 23.3. The van der Waals surface area contributed by atoms with Crippen molar-refractivity contribution in [3.05, 3.63) is 22.7 Å². The molecule has 8 nitrogen and oxygen atoms in total. The van der Waals surface area contributed by atoms with Crippen molar-refractivity contribution in [2.75, 3.05) is 46.2 Å². The van der Waals surface area contributed by atoms with Gasteiger partial charge >= 0.3 is 5.97 Å². The molecule has 0 saturated carbocycles. The standard InChI is InChI=1S/C20H30ClN3O5/c1-4-29-19(25)6-5-8-24-9-7-16(18(12-24)28-3)23-20(26)13-10-14(21)15(22)11-17(13)27-2/h10-11,16,18H,4-9,12,22H2,1-3H3,(H,23,26)/t16-,18-/m1/s1. The van der Waals surface area contributed by atoms with Crippen LogP contribution < -0.4 is 15.8 Å². The normalized spacial score (nSPS) is 19.6. The second kappa shape index (κ2) is 11.2. The van der Waals surface area contributed by atoms with Crippen LogP contribution in [0.2, 0.25) is 5.02 Å². The molecule has 0 radical (unpaired) electrons. The molecule has 3 N–H and O–H groups in total. The number of ether oxygens (including phenoxy) is 3. The summed E-state index contributed by atoms with van der Waals surface area (Å²) >= 11 is 6.07. The van der Waals surface area contributed by atoms with E-state index in [0.29, 0.717) is 41.6 Å². The average molecular weight is 428 g/mol. The molecule has 2 atom stereocenters. The SMILES string of the molecule is CCOC(=O)CCCN1CC[C@@H](NC(=O)c2cc(Cl)c(N)cc2OC)[C@H](OC)C1. The van der Waals surface area contributed by atoms with Gasteiger partial charge in [0.2, 0.25) is 0 Å². The molecule has 0 aromatic heterocycles. The summed E-state index contributed by atoms with van der Waals surface area (Å²) < 4.78 is 15.8. The summed E-state index contributed by atoms with van der Waals surface area (Å²) in [6.07, 6.45) is 1.70. The lowest BCUT2D eigenvalue weighted by Gasteiger charge is -2.38. The minimum Gasteiger partial charge on any atom is -0.496 e. The van der Waals surface area contributed by atoms with Crippen molar-refractivity contribution < 1.29 is 23.8 Å². The molecule has 1 heterocycles. The summed E-state index contributed by atoms with van der Waals surface area (Å²) in [5.74, 6) is -0.0876. The highest BCUT2D eigenvalue weighted by Gasteiger charge is 2.31. The van der Waals surface area contributed by atoms with Crippen LogP contribution >= 0.6 is 11.6 Å². The molecule has 1 amide bonds. The van der Waals surface area contributed by atoms with E-state index in [4.69, 9.17) is 31.5 Å². The highest BCUT2D eigenvalue weighted by molar-refractivity contribution is 6.33. The lowest BCUT2D eigenvalue weighted by atomic mass is 10.0. The Balaban J connectivity index is 1.93. The van der Waals surface area contributed by atoms with Gasteiger partial charge in [0.05, 0.1) is 42.1 Å². The number of nitrogens with one attached hydrogen (secondary N) is 1. The Bertz CT molecular complexity index is 716. The largest absolute Gasteiger partial charge is 0.496 e. The number of esters is 1. The zero-order chi connectivity index (χ0) is 21.4. The maximum Gasteiger partial charge on any atom is 0.305 e. The van der Waals surface area contributed by atoms with Crippen molar-refractivity contribution in [3.63, 3.8) is 0 Å². The van der Waals surface area contributed by atoms with Crippen molar-refractivity contribution in [2.45, 2.75) is 38.3 Å². The van der Waals surface area contributed by atoms with Crippen LogP contribution in [-0.2, 0) is 14.3 Å². The zero-order valence-corrected chi connectivity index (χ0v) is 18.0. The van der Waals surface area contributed by atoms with Crippen LogP contribution in [0.25, 0.3) is 0 Å². The van der Waals surface area contributed by atoms with Crippen LogP contribution in [0.1, 0.15) is 36.5 Å². The van der Waals surface area contributed by atoms with E-state index < -0.39 is 0 Å². The molecule has 0 spiro atoms. The third-order valence-corrected chi connectivity index (χ3v) is 5.31. The molecular weight excluding hydrogens is 398 g/mol. The van der Waals surface area contributed by atoms with Gasteiger partial charge in [-0.05, 0) is 32.4 Å². The third kappa shape index (κ3) is 6.48. The number of carbonyl (C=O) groups excluding carboxylic acids is 2. The number of nitrogens with two attached hydrogens (primary N) is 1. The molecule has 9 heteroatoms. The van der Waals surface area contributed by atoms with Crippen molar-refractivity contribution >= 4 is 29.2 Å². The molecule has 1 fully saturated rings. The fourth-order valence-corrected chi connectivity index (χ4v) is 3.59. The molecule has 1 aliphatic rings. The van der Waals surface area contributed by atoms with Gasteiger partial charge in [-0.25, -0.2) is 0 Å². The van der Waals surface area contributed by atoms with E-state index in [1.165, 1.54) is 19.2 Å². The number of hydrogen-bond acceptors (Lipinski definition) is 7. The Morgan fingerprint density at radius 1 is 1.34 bits per heavy atom. The van der Waals surface area contributed by atoms with E-state index in [0.717, 1.165) is 25.9 Å². The van der Waals surface area contributed by atoms with Crippen molar-refractivity contribution in [1.82, 2.24) is 10.2 Å². The van der Waals surface area contributed by atoms with Crippen molar-refractivity contribution in [3.8, 4) is 5.75 Å².